The molecule has 0 aromatic carbocycles. The first-order chi connectivity index (χ1) is 4.84. The number of aliphatic hydroxyl groups is 1. The Morgan fingerprint density at radius 2 is 1.73 bits per heavy atom. The van der Waals surface area contributed by atoms with Crippen LogP contribution in [0.2, 0.25) is 0 Å². The molecule has 0 amide bonds. The Bertz CT molecular complexity index is 105. The zero-order chi connectivity index (χ0) is 9.07. The first-order valence-electron chi connectivity index (χ1n) is 4.25. The second kappa shape index (κ2) is 4.07. The maximum absolute atomic E-state index is 9.57. The van der Waals surface area contributed by atoms with E-state index in [9.17, 15) is 5.11 Å². The van der Waals surface area contributed by atoms with Gasteiger partial charge in [0.15, 0.2) is 0 Å². The topological polar surface area (TPSA) is 32.3 Å². The molecule has 0 aliphatic rings. The maximum atomic E-state index is 9.57. The molecule has 0 aromatic heterocycles. The van der Waals surface area contributed by atoms with Crippen molar-refractivity contribution in [1.29, 1.82) is 0 Å². The van der Waals surface area contributed by atoms with Gasteiger partial charge in [0.2, 0.25) is 0 Å². The van der Waals surface area contributed by atoms with Gasteiger partial charge < -0.3 is 10.4 Å². The summed E-state index contributed by atoms with van der Waals surface area (Å²) in [6, 6.07) is 0.451. The third-order valence-electron chi connectivity index (χ3n) is 1.72. The van der Waals surface area contributed by atoms with Gasteiger partial charge in [0.1, 0.15) is 0 Å². The highest BCUT2D eigenvalue weighted by Crippen LogP contribution is 2.18. The van der Waals surface area contributed by atoms with Crippen LogP contribution in [0.15, 0.2) is 0 Å². The molecule has 0 rings (SSSR count). The standard InChI is InChI=1S/C9H21NO/c1-7(2)10-6-8(11)9(3,4)5/h7-8,10-11H,6H2,1-5H3. The first kappa shape index (κ1) is 10.9. The fraction of sp³-hybridized carbons (Fsp3) is 1.00. The van der Waals surface area contributed by atoms with Crippen LogP contribution in [0.1, 0.15) is 34.6 Å². The molecule has 2 heteroatoms. The molecule has 0 fully saturated rings. The van der Waals surface area contributed by atoms with Crippen LogP contribution < -0.4 is 5.32 Å². The Morgan fingerprint density at radius 3 is 2.00 bits per heavy atom. The monoisotopic (exact) mass is 159 g/mol. The number of hydrogen-bond acceptors (Lipinski definition) is 2. The molecule has 68 valence electrons. The van der Waals surface area contributed by atoms with Crippen LogP contribution in [0.5, 0.6) is 0 Å². The minimum absolute atomic E-state index is 0.0120. The van der Waals surface area contributed by atoms with Crippen molar-refractivity contribution in [1.82, 2.24) is 5.32 Å². The van der Waals surface area contributed by atoms with Crippen LogP contribution in [-0.4, -0.2) is 23.8 Å². The van der Waals surface area contributed by atoms with Gasteiger partial charge in [0.25, 0.3) is 0 Å². The van der Waals surface area contributed by atoms with Crippen molar-refractivity contribution >= 4 is 0 Å². The van der Waals surface area contributed by atoms with Crippen molar-refractivity contribution < 1.29 is 5.11 Å². The molecule has 0 radical (unpaired) electrons. The lowest BCUT2D eigenvalue weighted by Gasteiger charge is -2.26. The average molecular weight is 159 g/mol. The van der Waals surface area contributed by atoms with Crippen molar-refractivity contribution in [2.45, 2.75) is 46.8 Å². The smallest absolute Gasteiger partial charge is 0.0712 e. The highest BCUT2D eigenvalue weighted by atomic mass is 16.3. The third-order valence-corrected chi connectivity index (χ3v) is 1.72. The van der Waals surface area contributed by atoms with Crippen LogP contribution >= 0.6 is 0 Å². The Labute approximate surface area is 70.0 Å². The molecule has 2 nitrogen and oxygen atoms in total. The quantitative estimate of drug-likeness (QED) is 0.652. The lowest BCUT2D eigenvalue weighted by atomic mass is 9.89. The van der Waals surface area contributed by atoms with Crippen LogP contribution in [0.25, 0.3) is 0 Å². The summed E-state index contributed by atoms with van der Waals surface area (Å²) in [6.45, 7) is 11.0. The van der Waals surface area contributed by atoms with Gasteiger partial charge in [-0.15, -0.1) is 0 Å². The summed E-state index contributed by atoms with van der Waals surface area (Å²) >= 11 is 0. The van der Waals surface area contributed by atoms with Crippen molar-refractivity contribution in [2.75, 3.05) is 6.54 Å². The van der Waals surface area contributed by atoms with Gasteiger partial charge in [0.05, 0.1) is 6.10 Å². The van der Waals surface area contributed by atoms with Gasteiger partial charge >= 0.3 is 0 Å². The summed E-state index contributed by atoms with van der Waals surface area (Å²) < 4.78 is 0. The van der Waals surface area contributed by atoms with Crippen LogP contribution in [-0.2, 0) is 0 Å². The molecule has 0 heterocycles. The van der Waals surface area contributed by atoms with Crippen LogP contribution in [0.3, 0.4) is 0 Å². The predicted molar refractivity (Wildman–Crippen MR) is 48.6 cm³/mol. The molecule has 11 heavy (non-hydrogen) atoms. The first-order valence-corrected chi connectivity index (χ1v) is 4.25. The van der Waals surface area contributed by atoms with Gasteiger partial charge in [0, 0.05) is 12.6 Å². The molecule has 0 saturated carbocycles. The van der Waals surface area contributed by atoms with Gasteiger partial charge in [-0.2, -0.15) is 0 Å². The van der Waals surface area contributed by atoms with Gasteiger partial charge in [-0.1, -0.05) is 34.6 Å². The van der Waals surface area contributed by atoms with Crippen molar-refractivity contribution in [3.05, 3.63) is 0 Å². The van der Waals surface area contributed by atoms with E-state index >= 15 is 0 Å². The highest BCUT2D eigenvalue weighted by molar-refractivity contribution is 4.75. The molecule has 1 atom stereocenters. The van der Waals surface area contributed by atoms with E-state index in [1.807, 2.05) is 20.8 Å². The normalized spacial score (nSPS) is 15.5. The molecule has 2 N–H and O–H groups in total. The SMILES string of the molecule is CC(C)NCC(O)C(C)(C)C. The fourth-order valence-electron chi connectivity index (χ4n) is 0.654. The Morgan fingerprint density at radius 1 is 1.27 bits per heavy atom. The second-order valence-electron chi connectivity index (χ2n) is 4.44. The van der Waals surface area contributed by atoms with E-state index in [0.29, 0.717) is 12.6 Å². The lowest BCUT2D eigenvalue weighted by Crippen LogP contribution is -2.39. The molecule has 0 aliphatic heterocycles. The molecular formula is C9H21NO. The van der Waals surface area contributed by atoms with Gasteiger partial charge in [-0.25, -0.2) is 0 Å². The van der Waals surface area contributed by atoms with E-state index in [2.05, 4.69) is 19.2 Å². The summed E-state index contributed by atoms with van der Waals surface area (Å²) in [6.07, 6.45) is -0.259. The summed E-state index contributed by atoms with van der Waals surface area (Å²) in [5.41, 5.74) is -0.0120. The van der Waals surface area contributed by atoms with Gasteiger partial charge in [-0.05, 0) is 5.41 Å². The second-order valence-corrected chi connectivity index (χ2v) is 4.44. The van der Waals surface area contributed by atoms with E-state index in [1.54, 1.807) is 0 Å². The minimum atomic E-state index is -0.259. The van der Waals surface area contributed by atoms with E-state index in [0.717, 1.165) is 0 Å². The zero-order valence-corrected chi connectivity index (χ0v) is 8.31. The molecule has 0 aliphatic carbocycles. The van der Waals surface area contributed by atoms with Crippen molar-refractivity contribution in [2.24, 2.45) is 5.41 Å². The molecule has 1 unspecified atom stereocenters. The fourth-order valence-corrected chi connectivity index (χ4v) is 0.654. The zero-order valence-electron chi connectivity index (χ0n) is 8.31. The summed E-state index contributed by atoms with van der Waals surface area (Å²) in [7, 11) is 0. The average Bonchev–Trinajstić information content (AvgIpc) is 1.80. The molecule has 0 saturated heterocycles. The van der Waals surface area contributed by atoms with Gasteiger partial charge in [-0.3, -0.25) is 0 Å². The highest BCUT2D eigenvalue weighted by Gasteiger charge is 2.21. The van der Waals surface area contributed by atoms with Crippen molar-refractivity contribution in [3.63, 3.8) is 0 Å². The molecule has 0 bridgehead atoms. The Kier molecular flexibility index (Phi) is 4.04. The Balaban J connectivity index is 3.61. The Hall–Kier alpha value is -0.0800. The molecule has 0 aromatic rings. The molecule has 0 spiro atoms. The van der Waals surface area contributed by atoms with E-state index in [1.165, 1.54) is 0 Å². The lowest BCUT2D eigenvalue weighted by molar-refractivity contribution is 0.0614. The largest absolute Gasteiger partial charge is 0.391 e. The summed E-state index contributed by atoms with van der Waals surface area (Å²) in [4.78, 5) is 0. The predicted octanol–water partition coefficient (Wildman–Crippen LogP) is 1.39. The summed E-state index contributed by atoms with van der Waals surface area (Å²) in [5, 5.41) is 12.8. The summed E-state index contributed by atoms with van der Waals surface area (Å²) in [5.74, 6) is 0. The minimum Gasteiger partial charge on any atom is -0.391 e. The maximum Gasteiger partial charge on any atom is 0.0712 e. The number of nitrogens with one attached hydrogen (secondary N) is 1. The van der Waals surface area contributed by atoms with Crippen LogP contribution in [0, 0.1) is 5.41 Å². The number of hydrogen-bond donors (Lipinski definition) is 2. The van der Waals surface area contributed by atoms with E-state index in [-0.39, 0.29) is 11.5 Å². The van der Waals surface area contributed by atoms with Crippen molar-refractivity contribution in [3.8, 4) is 0 Å². The number of aliphatic hydroxyl groups excluding tert-OH is 1. The number of rotatable bonds is 3. The third kappa shape index (κ3) is 5.22. The van der Waals surface area contributed by atoms with Crippen LogP contribution in [0.4, 0.5) is 0 Å². The molecular weight excluding hydrogens is 138 g/mol. The van der Waals surface area contributed by atoms with E-state index in [4.69, 9.17) is 0 Å². The van der Waals surface area contributed by atoms with E-state index < -0.39 is 0 Å².